The molecular weight excluding hydrogens is 346 g/mol. The van der Waals surface area contributed by atoms with Crippen LogP contribution in [0.25, 0.3) is 22.0 Å². The van der Waals surface area contributed by atoms with Gasteiger partial charge in [0.1, 0.15) is 5.69 Å². The van der Waals surface area contributed by atoms with Crippen LogP contribution in [0.1, 0.15) is 26.2 Å². The maximum atomic E-state index is 6.03. The van der Waals surface area contributed by atoms with E-state index in [4.69, 9.17) is 16.3 Å². The molecule has 2 bridgehead atoms. The zero-order chi connectivity index (χ0) is 17.8. The monoisotopic (exact) mass is 365 g/mol. The third kappa shape index (κ3) is 2.56. The van der Waals surface area contributed by atoms with Crippen LogP contribution in [-0.2, 0) is 4.74 Å². The van der Waals surface area contributed by atoms with Gasteiger partial charge in [0.2, 0.25) is 0 Å². The maximum absolute atomic E-state index is 6.03. The number of hydrogen-bond donors (Lipinski definition) is 1. The van der Waals surface area contributed by atoms with Crippen molar-refractivity contribution in [3.05, 3.63) is 53.6 Å². The summed E-state index contributed by atoms with van der Waals surface area (Å²) in [4.78, 5) is 0. The molecule has 1 saturated heterocycles. The van der Waals surface area contributed by atoms with Gasteiger partial charge >= 0.3 is 0 Å². The molecule has 2 atom stereocenters. The van der Waals surface area contributed by atoms with E-state index in [1.807, 2.05) is 36.4 Å². The van der Waals surface area contributed by atoms with Crippen LogP contribution in [0.5, 0.6) is 0 Å². The summed E-state index contributed by atoms with van der Waals surface area (Å²) in [6.45, 7) is 2.94. The predicted octanol–water partition coefficient (Wildman–Crippen LogP) is 5.07. The van der Waals surface area contributed by atoms with Gasteiger partial charge in [0, 0.05) is 27.8 Å². The summed E-state index contributed by atoms with van der Waals surface area (Å²) in [5, 5.41) is 15.7. The molecule has 2 unspecified atom stereocenters. The molecule has 2 heterocycles. The van der Waals surface area contributed by atoms with Crippen LogP contribution < -0.4 is 5.32 Å². The van der Waals surface area contributed by atoms with Gasteiger partial charge in [-0.2, -0.15) is 0 Å². The molecule has 26 heavy (non-hydrogen) atoms. The van der Waals surface area contributed by atoms with Crippen molar-refractivity contribution in [2.45, 2.75) is 37.3 Å². The minimum Gasteiger partial charge on any atom is -0.373 e. The lowest BCUT2D eigenvalue weighted by Gasteiger charge is -2.28. The van der Waals surface area contributed by atoms with Gasteiger partial charge < -0.3 is 10.1 Å². The number of hydrogen-bond acceptors (Lipinski definition) is 4. The van der Waals surface area contributed by atoms with E-state index < -0.39 is 0 Å². The number of nitrogens with one attached hydrogen (secondary N) is 1. The van der Waals surface area contributed by atoms with Crippen LogP contribution >= 0.6 is 11.6 Å². The number of rotatable bonds is 3. The van der Waals surface area contributed by atoms with Crippen LogP contribution in [0.4, 0.5) is 5.82 Å². The fourth-order valence-electron chi connectivity index (χ4n) is 4.37. The van der Waals surface area contributed by atoms with Crippen molar-refractivity contribution in [2.75, 3.05) is 11.9 Å². The molecule has 2 aliphatic rings. The average Bonchev–Trinajstić information content (AvgIpc) is 3.16. The smallest absolute Gasteiger partial charge is 0.157 e. The van der Waals surface area contributed by atoms with E-state index in [2.05, 4.69) is 34.6 Å². The number of fused-ring (bicyclic) bond motifs is 3. The molecule has 3 aromatic rings. The maximum Gasteiger partial charge on any atom is 0.157 e. The van der Waals surface area contributed by atoms with Gasteiger partial charge in [0.05, 0.1) is 17.7 Å². The van der Waals surface area contributed by atoms with E-state index in [-0.39, 0.29) is 11.1 Å². The normalized spacial score (nSPS) is 27.2. The fourth-order valence-corrected chi connectivity index (χ4v) is 4.49. The molecule has 1 aliphatic heterocycles. The summed E-state index contributed by atoms with van der Waals surface area (Å²) in [5.74, 6) is 0.841. The van der Waals surface area contributed by atoms with Crippen molar-refractivity contribution in [1.82, 2.24) is 10.2 Å². The highest BCUT2D eigenvalue weighted by atomic mass is 35.5. The van der Waals surface area contributed by atoms with Gasteiger partial charge in [-0.15, -0.1) is 10.2 Å². The molecule has 2 aromatic carbocycles. The van der Waals surface area contributed by atoms with Crippen molar-refractivity contribution < 1.29 is 4.74 Å². The first-order chi connectivity index (χ1) is 12.6. The zero-order valence-corrected chi connectivity index (χ0v) is 15.4. The quantitative estimate of drug-likeness (QED) is 0.703. The van der Waals surface area contributed by atoms with Gasteiger partial charge in [-0.25, -0.2) is 0 Å². The summed E-state index contributed by atoms with van der Waals surface area (Å²) in [6, 6.07) is 16.0. The number of nitrogens with zero attached hydrogens (tertiary/aromatic N) is 2. The number of halogens is 1. The molecule has 4 nitrogen and oxygen atoms in total. The van der Waals surface area contributed by atoms with Gasteiger partial charge in [0.25, 0.3) is 0 Å². The molecule has 132 valence electrons. The summed E-state index contributed by atoms with van der Waals surface area (Å²) < 4.78 is 6.01. The summed E-state index contributed by atoms with van der Waals surface area (Å²) in [6.07, 6.45) is 3.22. The van der Waals surface area contributed by atoms with Crippen LogP contribution in [0.15, 0.2) is 48.5 Å². The highest BCUT2D eigenvalue weighted by Gasteiger charge is 2.53. The third-order valence-electron chi connectivity index (χ3n) is 5.73. The lowest BCUT2D eigenvalue weighted by Crippen LogP contribution is -2.38. The minimum absolute atomic E-state index is 0.0134. The van der Waals surface area contributed by atoms with E-state index in [1.165, 1.54) is 0 Å². The molecule has 0 radical (unpaired) electrons. The lowest BCUT2D eigenvalue weighted by atomic mass is 9.98. The zero-order valence-electron chi connectivity index (χ0n) is 14.6. The molecule has 1 saturated carbocycles. The number of anilines is 1. The molecule has 2 fully saturated rings. The van der Waals surface area contributed by atoms with Crippen LogP contribution in [-0.4, -0.2) is 27.9 Å². The Hall–Kier alpha value is -2.17. The second-order valence-corrected chi connectivity index (χ2v) is 8.21. The highest BCUT2D eigenvalue weighted by Crippen LogP contribution is 2.48. The molecule has 0 amide bonds. The topological polar surface area (TPSA) is 47.0 Å². The molecule has 0 spiro atoms. The van der Waals surface area contributed by atoms with E-state index >= 15 is 0 Å². The van der Waals surface area contributed by atoms with Crippen molar-refractivity contribution in [3.63, 3.8) is 0 Å². The molecule has 1 aromatic heterocycles. The Morgan fingerprint density at radius 1 is 1.00 bits per heavy atom. The molecular formula is C21H20ClN3O. The predicted molar refractivity (Wildman–Crippen MR) is 105 cm³/mol. The Morgan fingerprint density at radius 2 is 1.77 bits per heavy atom. The van der Waals surface area contributed by atoms with Crippen LogP contribution in [0.3, 0.4) is 0 Å². The summed E-state index contributed by atoms with van der Waals surface area (Å²) in [5.41, 5.74) is 1.88. The minimum atomic E-state index is -0.0199. The Labute approximate surface area is 157 Å². The standard InChI is InChI=1S/C21H20ClN3O/c1-20-10-11-21(12-20,13-26-20)23-19-17-5-3-2-4-16(17)18(24-25-19)14-6-8-15(22)9-7-14/h2-9H,10-13H2,1H3,(H,23,25). The van der Waals surface area contributed by atoms with E-state index in [9.17, 15) is 0 Å². The van der Waals surface area contributed by atoms with Crippen molar-refractivity contribution in [1.29, 1.82) is 0 Å². The molecule has 5 rings (SSSR count). The van der Waals surface area contributed by atoms with Gasteiger partial charge in [-0.05, 0) is 31.9 Å². The Bertz CT molecular complexity index is 978. The average molecular weight is 366 g/mol. The van der Waals surface area contributed by atoms with Gasteiger partial charge in [-0.1, -0.05) is 48.0 Å². The number of ether oxygens (including phenoxy) is 1. The fraction of sp³-hybridized carbons (Fsp3) is 0.333. The second-order valence-electron chi connectivity index (χ2n) is 7.77. The summed E-state index contributed by atoms with van der Waals surface area (Å²) >= 11 is 6.03. The number of aromatic nitrogens is 2. The molecule has 1 N–H and O–H groups in total. The largest absolute Gasteiger partial charge is 0.373 e. The van der Waals surface area contributed by atoms with Crippen LogP contribution in [0, 0.1) is 0 Å². The van der Waals surface area contributed by atoms with Crippen molar-refractivity contribution >= 4 is 28.2 Å². The Kier molecular flexibility index (Phi) is 3.49. The van der Waals surface area contributed by atoms with E-state index in [1.54, 1.807) is 0 Å². The van der Waals surface area contributed by atoms with Crippen molar-refractivity contribution in [2.24, 2.45) is 0 Å². The number of benzene rings is 2. The Morgan fingerprint density at radius 3 is 2.42 bits per heavy atom. The van der Waals surface area contributed by atoms with E-state index in [0.717, 1.165) is 53.7 Å². The first kappa shape index (κ1) is 16.0. The Balaban J connectivity index is 1.58. The van der Waals surface area contributed by atoms with Crippen LogP contribution in [0.2, 0.25) is 5.02 Å². The molecule has 1 aliphatic carbocycles. The van der Waals surface area contributed by atoms with Gasteiger partial charge in [-0.3, -0.25) is 0 Å². The first-order valence-corrected chi connectivity index (χ1v) is 9.37. The third-order valence-corrected chi connectivity index (χ3v) is 5.98. The summed E-state index contributed by atoms with van der Waals surface area (Å²) in [7, 11) is 0. The second kappa shape index (κ2) is 5.66. The SMILES string of the molecule is CC12CCC(Nc3nnc(-c4ccc(Cl)cc4)c4ccccc34)(CO1)C2. The van der Waals surface area contributed by atoms with E-state index in [0.29, 0.717) is 5.02 Å². The highest BCUT2D eigenvalue weighted by molar-refractivity contribution is 6.30. The lowest BCUT2D eigenvalue weighted by molar-refractivity contribution is -0.00346. The molecule has 5 heteroatoms. The van der Waals surface area contributed by atoms with Gasteiger partial charge in [0.15, 0.2) is 5.82 Å². The first-order valence-electron chi connectivity index (χ1n) is 9.00. The van der Waals surface area contributed by atoms with Crippen molar-refractivity contribution in [3.8, 4) is 11.3 Å².